The largest absolute Gasteiger partial charge is 0.487 e. The standard InChI is InChI=1S/C22H17Br2Cl2N3O/c23-18-6-15(7-19(24)21(18)30-13-14-4-2-1-3-5-14)9-27-10-17-12-29-11-16(25)8-20(26)22(29)28-17/h1-8,11-12,27H,9-10,13H2. The summed E-state index contributed by atoms with van der Waals surface area (Å²) >= 11 is 19.5. The Morgan fingerprint density at radius 2 is 1.67 bits per heavy atom. The van der Waals surface area contributed by atoms with Gasteiger partial charge in [0.15, 0.2) is 5.65 Å². The van der Waals surface area contributed by atoms with Crippen molar-refractivity contribution < 1.29 is 4.74 Å². The van der Waals surface area contributed by atoms with Crippen LogP contribution in [0.2, 0.25) is 10.0 Å². The average Bonchev–Trinajstić information content (AvgIpc) is 3.11. The van der Waals surface area contributed by atoms with Crippen LogP contribution < -0.4 is 10.1 Å². The predicted octanol–water partition coefficient (Wildman–Crippen LogP) is 7.03. The molecule has 0 spiro atoms. The Balaban J connectivity index is 1.38. The molecule has 0 aliphatic carbocycles. The highest BCUT2D eigenvalue weighted by atomic mass is 79.9. The van der Waals surface area contributed by atoms with E-state index in [0.29, 0.717) is 35.4 Å². The van der Waals surface area contributed by atoms with Crippen molar-refractivity contribution in [1.29, 1.82) is 0 Å². The SMILES string of the molecule is Clc1cc(Cl)c2nc(CNCc3cc(Br)c(OCc4ccccc4)c(Br)c3)cn2c1. The molecule has 0 amide bonds. The first kappa shape index (κ1) is 21.7. The third kappa shape index (κ3) is 5.18. The normalized spacial score (nSPS) is 11.2. The lowest BCUT2D eigenvalue weighted by molar-refractivity contribution is 0.302. The van der Waals surface area contributed by atoms with Crippen LogP contribution in [-0.4, -0.2) is 9.38 Å². The van der Waals surface area contributed by atoms with Crippen molar-refractivity contribution in [2.75, 3.05) is 0 Å². The number of imidazole rings is 1. The first-order valence-corrected chi connectivity index (χ1v) is 11.5. The van der Waals surface area contributed by atoms with Gasteiger partial charge in [-0.3, -0.25) is 0 Å². The lowest BCUT2D eigenvalue weighted by Gasteiger charge is -2.13. The zero-order valence-corrected chi connectivity index (χ0v) is 20.4. The molecule has 2 heterocycles. The van der Waals surface area contributed by atoms with E-state index >= 15 is 0 Å². The number of nitrogens with zero attached hydrogens (tertiary/aromatic N) is 2. The molecule has 1 N–H and O–H groups in total. The van der Waals surface area contributed by atoms with E-state index in [1.165, 1.54) is 0 Å². The highest BCUT2D eigenvalue weighted by molar-refractivity contribution is 9.11. The van der Waals surface area contributed by atoms with Crippen LogP contribution in [0.3, 0.4) is 0 Å². The van der Waals surface area contributed by atoms with E-state index < -0.39 is 0 Å². The molecule has 4 nitrogen and oxygen atoms in total. The van der Waals surface area contributed by atoms with E-state index in [1.54, 1.807) is 12.3 Å². The summed E-state index contributed by atoms with van der Waals surface area (Å²) in [7, 11) is 0. The van der Waals surface area contributed by atoms with Gasteiger partial charge >= 0.3 is 0 Å². The number of aromatic nitrogens is 2. The monoisotopic (exact) mass is 567 g/mol. The third-order valence-electron chi connectivity index (χ3n) is 4.44. The van der Waals surface area contributed by atoms with Gasteiger partial charge in [0.2, 0.25) is 0 Å². The highest BCUT2D eigenvalue weighted by Crippen LogP contribution is 2.35. The maximum atomic E-state index is 6.21. The Hall–Kier alpha value is -1.57. The molecule has 30 heavy (non-hydrogen) atoms. The Kier molecular flexibility index (Phi) is 7.01. The van der Waals surface area contributed by atoms with E-state index in [0.717, 1.165) is 31.5 Å². The molecule has 8 heteroatoms. The van der Waals surface area contributed by atoms with Gasteiger partial charge in [0.1, 0.15) is 12.4 Å². The second-order valence-corrected chi connectivity index (χ2v) is 9.29. The molecule has 0 radical (unpaired) electrons. The van der Waals surface area contributed by atoms with E-state index in [2.05, 4.69) is 54.3 Å². The molecule has 0 unspecified atom stereocenters. The minimum absolute atomic E-state index is 0.510. The lowest BCUT2D eigenvalue weighted by atomic mass is 10.2. The second kappa shape index (κ2) is 9.71. The van der Waals surface area contributed by atoms with Gasteiger partial charge in [-0.2, -0.15) is 0 Å². The van der Waals surface area contributed by atoms with Crippen molar-refractivity contribution >= 4 is 60.7 Å². The first-order valence-electron chi connectivity index (χ1n) is 9.17. The van der Waals surface area contributed by atoms with Crippen molar-refractivity contribution in [3.63, 3.8) is 0 Å². The van der Waals surface area contributed by atoms with Gasteiger partial charge < -0.3 is 14.5 Å². The molecule has 154 valence electrons. The van der Waals surface area contributed by atoms with Crippen LogP contribution in [0.1, 0.15) is 16.8 Å². The Labute approximate surface area is 201 Å². The van der Waals surface area contributed by atoms with E-state index in [-0.39, 0.29) is 0 Å². The van der Waals surface area contributed by atoms with Gasteiger partial charge in [-0.25, -0.2) is 4.98 Å². The zero-order chi connectivity index (χ0) is 21.1. The van der Waals surface area contributed by atoms with Crippen molar-refractivity contribution in [2.24, 2.45) is 0 Å². The number of hydrogen-bond donors (Lipinski definition) is 1. The molecule has 4 aromatic rings. The van der Waals surface area contributed by atoms with E-state index in [1.807, 2.05) is 40.9 Å². The van der Waals surface area contributed by atoms with E-state index in [9.17, 15) is 0 Å². The van der Waals surface area contributed by atoms with Gasteiger partial charge in [0.05, 0.1) is 24.7 Å². The molecule has 0 fully saturated rings. The number of benzene rings is 2. The van der Waals surface area contributed by atoms with Crippen LogP contribution >= 0.6 is 55.1 Å². The average molecular weight is 570 g/mol. The summed E-state index contributed by atoms with van der Waals surface area (Å²) in [6.07, 6.45) is 3.72. The van der Waals surface area contributed by atoms with Gasteiger partial charge in [-0.05, 0) is 61.2 Å². The summed E-state index contributed by atoms with van der Waals surface area (Å²) in [4.78, 5) is 4.56. The molecule has 0 bridgehead atoms. The van der Waals surface area contributed by atoms with Crippen molar-refractivity contribution in [2.45, 2.75) is 19.7 Å². The summed E-state index contributed by atoms with van der Waals surface area (Å²) in [5.74, 6) is 0.787. The quantitative estimate of drug-likeness (QED) is 0.259. The lowest BCUT2D eigenvalue weighted by Crippen LogP contribution is -2.13. The number of rotatable bonds is 7. The van der Waals surface area contributed by atoms with Gasteiger partial charge in [0.25, 0.3) is 0 Å². The van der Waals surface area contributed by atoms with Gasteiger partial charge in [-0.15, -0.1) is 0 Å². The third-order valence-corrected chi connectivity index (χ3v) is 6.11. The van der Waals surface area contributed by atoms with Crippen LogP contribution in [0, 0.1) is 0 Å². The Bertz CT molecular complexity index is 1160. The van der Waals surface area contributed by atoms with Crippen LogP contribution in [-0.2, 0) is 19.7 Å². The molecular formula is C22H17Br2Cl2N3O. The smallest absolute Gasteiger partial charge is 0.156 e. The molecule has 4 rings (SSSR count). The van der Waals surface area contributed by atoms with Crippen molar-refractivity contribution in [1.82, 2.24) is 14.7 Å². The summed E-state index contributed by atoms with van der Waals surface area (Å²) < 4.78 is 9.63. The molecule has 2 aromatic heterocycles. The molecule has 0 saturated carbocycles. The first-order chi connectivity index (χ1) is 14.5. The summed E-state index contributed by atoms with van der Waals surface area (Å²) in [6, 6.07) is 15.9. The topological polar surface area (TPSA) is 38.6 Å². The van der Waals surface area contributed by atoms with E-state index in [4.69, 9.17) is 27.9 Å². The van der Waals surface area contributed by atoms with Crippen LogP contribution in [0.15, 0.2) is 69.9 Å². The second-order valence-electron chi connectivity index (χ2n) is 6.74. The minimum atomic E-state index is 0.510. The molecule has 0 atom stereocenters. The Morgan fingerprint density at radius 1 is 0.933 bits per heavy atom. The number of pyridine rings is 1. The van der Waals surface area contributed by atoms with Crippen LogP contribution in [0.25, 0.3) is 5.65 Å². The highest BCUT2D eigenvalue weighted by Gasteiger charge is 2.11. The number of hydrogen-bond acceptors (Lipinski definition) is 3. The van der Waals surface area contributed by atoms with Crippen LogP contribution in [0.4, 0.5) is 0 Å². The maximum absolute atomic E-state index is 6.21. The number of fused-ring (bicyclic) bond motifs is 1. The Morgan fingerprint density at radius 3 is 2.40 bits per heavy atom. The molecular weight excluding hydrogens is 553 g/mol. The van der Waals surface area contributed by atoms with Gasteiger partial charge in [0, 0.05) is 25.5 Å². The predicted molar refractivity (Wildman–Crippen MR) is 128 cm³/mol. The minimum Gasteiger partial charge on any atom is -0.487 e. The summed E-state index contributed by atoms with van der Waals surface area (Å²) in [6.45, 7) is 1.80. The summed E-state index contributed by atoms with van der Waals surface area (Å²) in [5.41, 5.74) is 3.82. The van der Waals surface area contributed by atoms with Gasteiger partial charge in [-0.1, -0.05) is 53.5 Å². The molecule has 0 aliphatic rings. The van der Waals surface area contributed by atoms with Crippen molar-refractivity contribution in [3.8, 4) is 5.75 Å². The maximum Gasteiger partial charge on any atom is 0.156 e. The number of ether oxygens (including phenoxy) is 1. The fraction of sp³-hybridized carbons (Fsp3) is 0.136. The van der Waals surface area contributed by atoms with Crippen molar-refractivity contribution in [3.05, 3.63) is 96.7 Å². The number of nitrogens with one attached hydrogen (secondary N) is 1. The fourth-order valence-electron chi connectivity index (χ4n) is 3.08. The molecule has 2 aromatic carbocycles. The zero-order valence-electron chi connectivity index (χ0n) is 15.7. The fourth-order valence-corrected chi connectivity index (χ4v) is 5.12. The van der Waals surface area contributed by atoms with Crippen LogP contribution in [0.5, 0.6) is 5.75 Å². The molecule has 0 saturated heterocycles. The molecule has 0 aliphatic heterocycles. The summed E-state index contributed by atoms with van der Waals surface area (Å²) in [5, 5.41) is 4.52. The number of halogens is 4.